The van der Waals surface area contributed by atoms with Crippen molar-refractivity contribution in [3.05, 3.63) is 23.9 Å². The first kappa shape index (κ1) is 18.0. The summed E-state index contributed by atoms with van der Waals surface area (Å²) in [5.74, 6) is 1.22. The lowest BCUT2D eigenvalue weighted by Gasteiger charge is -2.41. The molecule has 6 heteroatoms. The Balaban J connectivity index is 1.47. The monoisotopic (exact) mass is 347 g/mol. The fourth-order valence-corrected chi connectivity index (χ4v) is 3.96. The van der Waals surface area contributed by atoms with Crippen molar-refractivity contribution >= 4 is 6.09 Å². The molecule has 0 spiro atoms. The summed E-state index contributed by atoms with van der Waals surface area (Å²) in [5, 5.41) is 0. The predicted octanol–water partition coefficient (Wildman–Crippen LogP) is 2.89. The maximum Gasteiger partial charge on any atom is 0.409 e. The van der Waals surface area contributed by atoms with Crippen molar-refractivity contribution in [1.29, 1.82) is 0 Å². The Hall–Kier alpha value is -1.82. The number of piperidine rings is 2. The molecule has 3 heterocycles. The van der Waals surface area contributed by atoms with Crippen LogP contribution in [0.5, 0.6) is 5.88 Å². The number of nitrogens with zero attached hydrogens (tertiary/aromatic N) is 3. The molecule has 2 fully saturated rings. The van der Waals surface area contributed by atoms with Crippen molar-refractivity contribution in [3.63, 3.8) is 0 Å². The molecule has 0 saturated carbocycles. The van der Waals surface area contributed by atoms with E-state index in [-0.39, 0.29) is 6.09 Å². The standard InChI is InChI=1S/C19H29N3O3/c1-3-25-19(23)22-13-9-16(10-14-22)21-11-7-15(8-12-21)17-5-4-6-18(20-17)24-2/h4-6,15-16H,3,7-14H2,1-2H3. The van der Waals surface area contributed by atoms with Gasteiger partial charge in [0.1, 0.15) is 0 Å². The van der Waals surface area contributed by atoms with Crippen LogP contribution in [-0.4, -0.2) is 66.8 Å². The minimum Gasteiger partial charge on any atom is -0.481 e. The van der Waals surface area contributed by atoms with Gasteiger partial charge < -0.3 is 19.3 Å². The van der Waals surface area contributed by atoms with E-state index < -0.39 is 0 Å². The van der Waals surface area contributed by atoms with Gasteiger partial charge in [0.25, 0.3) is 0 Å². The lowest BCUT2D eigenvalue weighted by molar-refractivity contribution is 0.0661. The number of methoxy groups -OCH3 is 1. The molecule has 0 atom stereocenters. The summed E-state index contributed by atoms with van der Waals surface area (Å²) in [6.45, 7) is 6.12. The number of carbonyl (C=O) groups is 1. The van der Waals surface area contributed by atoms with Gasteiger partial charge in [-0.2, -0.15) is 0 Å². The average molecular weight is 347 g/mol. The first-order valence-electron chi connectivity index (χ1n) is 9.38. The molecule has 138 valence electrons. The molecule has 0 unspecified atom stereocenters. The van der Waals surface area contributed by atoms with Crippen molar-refractivity contribution in [1.82, 2.24) is 14.8 Å². The van der Waals surface area contributed by atoms with E-state index >= 15 is 0 Å². The third-order valence-corrected chi connectivity index (χ3v) is 5.41. The smallest absolute Gasteiger partial charge is 0.409 e. The van der Waals surface area contributed by atoms with Gasteiger partial charge in [0.05, 0.1) is 13.7 Å². The topological polar surface area (TPSA) is 54.9 Å². The van der Waals surface area contributed by atoms with Crippen LogP contribution in [0.2, 0.25) is 0 Å². The third-order valence-electron chi connectivity index (χ3n) is 5.41. The van der Waals surface area contributed by atoms with Gasteiger partial charge in [-0.3, -0.25) is 0 Å². The molecule has 2 aliphatic rings. The van der Waals surface area contributed by atoms with Gasteiger partial charge >= 0.3 is 6.09 Å². The summed E-state index contributed by atoms with van der Waals surface area (Å²) in [5.41, 5.74) is 1.15. The van der Waals surface area contributed by atoms with Crippen LogP contribution in [0, 0.1) is 0 Å². The Morgan fingerprint density at radius 2 is 1.88 bits per heavy atom. The number of amides is 1. The molecule has 1 aromatic rings. The fraction of sp³-hybridized carbons (Fsp3) is 0.684. The highest BCUT2D eigenvalue weighted by molar-refractivity contribution is 5.67. The van der Waals surface area contributed by atoms with Gasteiger partial charge in [0.15, 0.2) is 0 Å². The van der Waals surface area contributed by atoms with Crippen molar-refractivity contribution < 1.29 is 14.3 Å². The molecule has 1 amide bonds. The minimum atomic E-state index is -0.163. The van der Waals surface area contributed by atoms with Crippen molar-refractivity contribution in [2.24, 2.45) is 0 Å². The Morgan fingerprint density at radius 1 is 1.16 bits per heavy atom. The van der Waals surface area contributed by atoms with Crippen LogP contribution < -0.4 is 4.74 Å². The molecule has 0 radical (unpaired) electrons. The number of hydrogen-bond acceptors (Lipinski definition) is 5. The summed E-state index contributed by atoms with van der Waals surface area (Å²) in [6.07, 6.45) is 4.20. The first-order chi connectivity index (χ1) is 12.2. The summed E-state index contributed by atoms with van der Waals surface area (Å²) < 4.78 is 10.3. The zero-order chi connectivity index (χ0) is 17.6. The maximum atomic E-state index is 11.8. The lowest BCUT2D eigenvalue weighted by atomic mass is 9.91. The molecule has 25 heavy (non-hydrogen) atoms. The normalized spacial score (nSPS) is 20.5. The number of rotatable bonds is 4. The Kier molecular flexibility index (Phi) is 6.13. The van der Waals surface area contributed by atoms with Gasteiger partial charge in [-0.05, 0) is 51.8 Å². The summed E-state index contributed by atoms with van der Waals surface area (Å²) >= 11 is 0. The zero-order valence-corrected chi connectivity index (χ0v) is 15.3. The molecule has 2 saturated heterocycles. The summed E-state index contributed by atoms with van der Waals surface area (Å²) in [4.78, 5) is 20.8. The van der Waals surface area contributed by atoms with Gasteiger partial charge in [-0.1, -0.05) is 6.07 Å². The highest BCUT2D eigenvalue weighted by atomic mass is 16.6. The number of aromatic nitrogens is 1. The highest BCUT2D eigenvalue weighted by Crippen LogP contribution is 2.30. The van der Waals surface area contributed by atoms with Crippen LogP contribution in [-0.2, 0) is 4.74 Å². The van der Waals surface area contributed by atoms with E-state index in [9.17, 15) is 4.79 Å². The number of likely N-dealkylation sites (tertiary alicyclic amines) is 2. The van der Waals surface area contributed by atoms with Gasteiger partial charge in [0.2, 0.25) is 5.88 Å². The summed E-state index contributed by atoms with van der Waals surface area (Å²) in [7, 11) is 1.66. The van der Waals surface area contributed by atoms with E-state index in [1.54, 1.807) is 7.11 Å². The quantitative estimate of drug-likeness (QED) is 0.838. The highest BCUT2D eigenvalue weighted by Gasteiger charge is 2.30. The fourth-order valence-electron chi connectivity index (χ4n) is 3.96. The van der Waals surface area contributed by atoms with Crippen LogP contribution in [0.4, 0.5) is 4.79 Å². The molecule has 1 aromatic heterocycles. The third kappa shape index (κ3) is 4.42. The maximum absolute atomic E-state index is 11.8. The predicted molar refractivity (Wildman–Crippen MR) is 96.0 cm³/mol. The molecule has 3 rings (SSSR count). The molecule has 6 nitrogen and oxygen atoms in total. The second-order valence-electron chi connectivity index (χ2n) is 6.83. The Labute approximate surface area is 150 Å². The second kappa shape index (κ2) is 8.52. The SMILES string of the molecule is CCOC(=O)N1CCC(N2CCC(c3cccc(OC)n3)CC2)CC1. The van der Waals surface area contributed by atoms with E-state index in [2.05, 4.69) is 16.0 Å². The van der Waals surface area contributed by atoms with Crippen LogP contribution in [0.25, 0.3) is 0 Å². The van der Waals surface area contributed by atoms with E-state index in [1.807, 2.05) is 24.0 Å². The molecule has 0 aromatic carbocycles. The average Bonchev–Trinajstić information content (AvgIpc) is 2.68. The van der Waals surface area contributed by atoms with Crippen molar-refractivity contribution in [2.45, 2.75) is 44.6 Å². The van der Waals surface area contributed by atoms with Gasteiger partial charge in [-0.25, -0.2) is 9.78 Å². The Bertz CT molecular complexity index is 565. The van der Waals surface area contributed by atoms with E-state index in [4.69, 9.17) is 9.47 Å². The number of pyridine rings is 1. The van der Waals surface area contributed by atoms with Crippen molar-refractivity contribution in [3.8, 4) is 5.88 Å². The largest absolute Gasteiger partial charge is 0.481 e. The molecular weight excluding hydrogens is 318 g/mol. The first-order valence-corrected chi connectivity index (χ1v) is 9.38. The van der Waals surface area contributed by atoms with Gasteiger partial charge in [0, 0.05) is 36.8 Å². The van der Waals surface area contributed by atoms with Crippen molar-refractivity contribution in [2.75, 3.05) is 39.9 Å². The second-order valence-corrected chi connectivity index (χ2v) is 6.83. The van der Waals surface area contributed by atoms with E-state index in [0.717, 1.165) is 57.6 Å². The van der Waals surface area contributed by atoms with Gasteiger partial charge in [-0.15, -0.1) is 0 Å². The molecule has 0 aliphatic carbocycles. The number of hydrogen-bond donors (Lipinski definition) is 0. The van der Waals surface area contributed by atoms with Crippen LogP contribution in [0.1, 0.15) is 44.2 Å². The van der Waals surface area contributed by atoms with Crippen LogP contribution in [0.3, 0.4) is 0 Å². The number of ether oxygens (including phenoxy) is 2. The molecule has 2 aliphatic heterocycles. The lowest BCUT2D eigenvalue weighted by Crippen LogP contribution is -2.49. The molecule has 0 N–H and O–H groups in total. The zero-order valence-electron chi connectivity index (χ0n) is 15.3. The van der Waals surface area contributed by atoms with Crippen LogP contribution in [0.15, 0.2) is 18.2 Å². The van der Waals surface area contributed by atoms with E-state index in [1.165, 1.54) is 0 Å². The molecule has 0 bridgehead atoms. The Morgan fingerprint density at radius 3 is 2.52 bits per heavy atom. The summed E-state index contributed by atoms with van der Waals surface area (Å²) in [6, 6.07) is 6.62. The van der Waals surface area contributed by atoms with Crippen LogP contribution >= 0.6 is 0 Å². The number of carbonyl (C=O) groups excluding carboxylic acids is 1. The minimum absolute atomic E-state index is 0.163. The molecular formula is C19H29N3O3. The van der Waals surface area contributed by atoms with E-state index in [0.29, 0.717) is 24.4 Å².